The number of ether oxygens (including phenoxy) is 2. The van der Waals surface area contributed by atoms with Gasteiger partial charge in [-0.2, -0.15) is 0 Å². The Kier molecular flexibility index (Phi) is 4.39. The van der Waals surface area contributed by atoms with Crippen LogP contribution in [0, 0.1) is 0 Å². The highest BCUT2D eigenvalue weighted by Gasteiger charge is 2.43. The number of carbonyl (C=O) groups excluding carboxylic acids is 1. The summed E-state index contributed by atoms with van der Waals surface area (Å²) in [5.41, 5.74) is 0. The van der Waals surface area contributed by atoms with Crippen LogP contribution in [0.25, 0.3) is 0 Å². The number of esters is 1. The molecule has 92 valence electrons. The van der Waals surface area contributed by atoms with Crippen molar-refractivity contribution in [2.45, 2.75) is 30.7 Å². The van der Waals surface area contributed by atoms with Crippen LogP contribution in [0.2, 0.25) is 0 Å². The molecule has 7 heteroatoms. The lowest BCUT2D eigenvalue weighted by Gasteiger charge is -2.37. The van der Waals surface area contributed by atoms with Gasteiger partial charge in [-0.1, -0.05) is 6.58 Å². The molecule has 4 N–H and O–H groups in total. The standard InChI is InChI=1S/C9H14O7/c1-2-5(10)15-3-4-6(11)7(12)8(13)9(14)16-4/h2,4,6-9,11-14H,1,3H2. The smallest absolute Gasteiger partial charge is 0.330 e. The van der Waals surface area contributed by atoms with Crippen LogP contribution >= 0.6 is 0 Å². The predicted molar refractivity (Wildman–Crippen MR) is 50.1 cm³/mol. The van der Waals surface area contributed by atoms with Crippen molar-refractivity contribution in [3.8, 4) is 0 Å². The van der Waals surface area contributed by atoms with Gasteiger partial charge in [0.15, 0.2) is 6.29 Å². The Hall–Kier alpha value is -0.990. The molecule has 0 saturated carbocycles. The van der Waals surface area contributed by atoms with Crippen molar-refractivity contribution < 1.29 is 34.7 Å². The fourth-order valence-corrected chi connectivity index (χ4v) is 1.29. The maximum atomic E-state index is 10.7. The van der Waals surface area contributed by atoms with Gasteiger partial charge in [0.05, 0.1) is 0 Å². The van der Waals surface area contributed by atoms with Gasteiger partial charge in [0, 0.05) is 6.08 Å². The molecule has 16 heavy (non-hydrogen) atoms. The molecule has 0 radical (unpaired) electrons. The van der Waals surface area contributed by atoms with Crippen LogP contribution in [0.1, 0.15) is 0 Å². The zero-order valence-electron chi connectivity index (χ0n) is 8.39. The molecule has 1 saturated heterocycles. The molecule has 7 nitrogen and oxygen atoms in total. The monoisotopic (exact) mass is 234 g/mol. The summed E-state index contributed by atoms with van der Waals surface area (Å²) in [4.78, 5) is 10.7. The minimum absolute atomic E-state index is 0.354. The minimum atomic E-state index is -1.63. The summed E-state index contributed by atoms with van der Waals surface area (Å²) in [6, 6.07) is 0. The molecule has 0 aromatic carbocycles. The Morgan fingerprint density at radius 2 is 1.88 bits per heavy atom. The zero-order valence-corrected chi connectivity index (χ0v) is 8.39. The van der Waals surface area contributed by atoms with E-state index in [4.69, 9.17) is 14.9 Å². The van der Waals surface area contributed by atoms with Crippen LogP contribution in [-0.4, -0.2) is 63.7 Å². The second kappa shape index (κ2) is 5.37. The van der Waals surface area contributed by atoms with Crippen LogP contribution in [-0.2, 0) is 14.3 Å². The lowest BCUT2D eigenvalue weighted by molar-refractivity contribution is -0.287. The second-order valence-corrected chi connectivity index (χ2v) is 3.37. The van der Waals surface area contributed by atoms with E-state index in [-0.39, 0.29) is 6.61 Å². The molecule has 0 bridgehead atoms. The average molecular weight is 234 g/mol. The van der Waals surface area contributed by atoms with E-state index in [0.717, 1.165) is 6.08 Å². The lowest BCUT2D eigenvalue weighted by Crippen LogP contribution is -2.58. The molecule has 0 aliphatic carbocycles. The topological polar surface area (TPSA) is 116 Å². The van der Waals surface area contributed by atoms with Crippen LogP contribution in [0.5, 0.6) is 0 Å². The Labute approximate surface area is 91.5 Å². The largest absolute Gasteiger partial charge is 0.460 e. The molecule has 5 atom stereocenters. The second-order valence-electron chi connectivity index (χ2n) is 3.37. The van der Waals surface area contributed by atoms with E-state index in [2.05, 4.69) is 11.3 Å². The third-order valence-electron chi connectivity index (χ3n) is 2.24. The molecule has 0 amide bonds. The highest BCUT2D eigenvalue weighted by molar-refractivity contribution is 5.81. The molecule has 1 fully saturated rings. The van der Waals surface area contributed by atoms with Gasteiger partial charge in [-0.15, -0.1) is 0 Å². The Balaban J connectivity index is 2.53. The molecule has 1 heterocycles. The summed E-state index contributed by atoms with van der Waals surface area (Å²) in [7, 11) is 0. The van der Waals surface area contributed by atoms with Crippen molar-refractivity contribution in [1.82, 2.24) is 0 Å². The molecule has 1 aliphatic rings. The quantitative estimate of drug-likeness (QED) is 0.315. The molecule has 0 aromatic heterocycles. The van der Waals surface area contributed by atoms with Crippen LogP contribution in [0.15, 0.2) is 12.7 Å². The number of aliphatic hydroxyl groups is 4. The van der Waals surface area contributed by atoms with Crippen molar-refractivity contribution in [1.29, 1.82) is 0 Å². The molecule has 0 spiro atoms. The molecular formula is C9H14O7. The Morgan fingerprint density at radius 3 is 2.44 bits per heavy atom. The zero-order chi connectivity index (χ0) is 12.3. The highest BCUT2D eigenvalue weighted by atomic mass is 16.6. The van der Waals surface area contributed by atoms with E-state index in [1.54, 1.807) is 0 Å². The summed E-state index contributed by atoms with van der Waals surface area (Å²) in [6.07, 6.45) is -6.41. The van der Waals surface area contributed by atoms with Gasteiger partial charge in [-0.05, 0) is 0 Å². The first-order chi connectivity index (χ1) is 7.47. The first kappa shape index (κ1) is 13.1. The number of carbonyl (C=O) groups is 1. The van der Waals surface area contributed by atoms with E-state index in [1.807, 2.05) is 0 Å². The molecule has 0 aromatic rings. The summed E-state index contributed by atoms with van der Waals surface area (Å²) < 4.78 is 9.35. The van der Waals surface area contributed by atoms with Crippen LogP contribution in [0.3, 0.4) is 0 Å². The van der Waals surface area contributed by atoms with Gasteiger partial charge in [0.2, 0.25) is 0 Å². The first-order valence-electron chi connectivity index (χ1n) is 4.64. The van der Waals surface area contributed by atoms with Crippen molar-refractivity contribution in [3.63, 3.8) is 0 Å². The summed E-state index contributed by atoms with van der Waals surface area (Å²) in [5, 5.41) is 37.1. The Bertz CT molecular complexity index is 267. The lowest BCUT2D eigenvalue weighted by atomic mass is 9.99. The molecule has 1 aliphatic heterocycles. The molecular weight excluding hydrogens is 220 g/mol. The fourth-order valence-electron chi connectivity index (χ4n) is 1.29. The maximum Gasteiger partial charge on any atom is 0.330 e. The van der Waals surface area contributed by atoms with Crippen molar-refractivity contribution in [2.24, 2.45) is 0 Å². The predicted octanol–water partition coefficient (Wildman–Crippen LogP) is -2.48. The van der Waals surface area contributed by atoms with E-state index in [9.17, 15) is 15.0 Å². The molecule has 5 unspecified atom stereocenters. The van der Waals surface area contributed by atoms with Gasteiger partial charge < -0.3 is 29.9 Å². The van der Waals surface area contributed by atoms with Gasteiger partial charge >= 0.3 is 5.97 Å². The number of aliphatic hydroxyl groups excluding tert-OH is 4. The van der Waals surface area contributed by atoms with Gasteiger partial charge in [-0.3, -0.25) is 0 Å². The number of hydrogen-bond acceptors (Lipinski definition) is 7. The third kappa shape index (κ3) is 2.77. The third-order valence-corrected chi connectivity index (χ3v) is 2.24. The van der Waals surface area contributed by atoms with Gasteiger partial charge in [-0.25, -0.2) is 4.79 Å². The number of rotatable bonds is 3. The highest BCUT2D eigenvalue weighted by Crippen LogP contribution is 2.19. The number of hydrogen-bond donors (Lipinski definition) is 4. The SMILES string of the molecule is C=CC(=O)OCC1OC(O)C(O)C(O)C1O. The van der Waals surface area contributed by atoms with Crippen LogP contribution in [0.4, 0.5) is 0 Å². The van der Waals surface area contributed by atoms with Crippen molar-refractivity contribution >= 4 is 5.97 Å². The average Bonchev–Trinajstić information content (AvgIpc) is 2.28. The maximum absolute atomic E-state index is 10.7. The van der Waals surface area contributed by atoms with Crippen molar-refractivity contribution in [3.05, 3.63) is 12.7 Å². The fraction of sp³-hybridized carbons (Fsp3) is 0.667. The van der Waals surface area contributed by atoms with Crippen molar-refractivity contribution in [2.75, 3.05) is 6.61 Å². The minimum Gasteiger partial charge on any atom is -0.460 e. The van der Waals surface area contributed by atoms with E-state index in [0.29, 0.717) is 0 Å². The van der Waals surface area contributed by atoms with E-state index >= 15 is 0 Å². The molecule has 1 rings (SSSR count). The van der Waals surface area contributed by atoms with E-state index in [1.165, 1.54) is 0 Å². The van der Waals surface area contributed by atoms with Crippen LogP contribution < -0.4 is 0 Å². The Morgan fingerprint density at radius 1 is 1.25 bits per heavy atom. The summed E-state index contributed by atoms with van der Waals surface area (Å²) in [5.74, 6) is -0.717. The van der Waals surface area contributed by atoms with E-state index < -0.39 is 36.7 Å². The van der Waals surface area contributed by atoms with Gasteiger partial charge in [0.25, 0.3) is 0 Å². The normalized spacial score (nSPS) is 39.1. The summed E-state index contributed by atoms with van der Waals surface area (Å²) >= 11 is 0. The first-order valence-corrected chi connectivity index (χ1v) is 4.64. The summed E-state index contributed by atoms with van der Waals surface area (Å²) in [6.45, 7) is 2.81. The van der Waals surface area contributed by atoms with Gasteiger partial charge in [0.1, 0.15) is 31.0 Å².